The van der Waals surface area contributed by atoms with Gasteiger partial charge in [-0.1, -0.05) is 85.5 Å². The third-order valence-corrected chi connectivity index (χ3v) is 7.76. The van der Waals surface area contributed by atoms with Crippen LogP contribution in [0.1, 0.15) is 54.4 Å². The summed E-state index contributed by atoms with van der Waals surface area (Å²) < 4.78 is 5.32. The number of ether oxygens (including phenoxy) is 1. The third-order valence-electron chi connectivity index (χ3n) is 7.76. The average molecular weight is 502 g/mol. The highest BCUT2D eigenvalue weighted by atomic mass is 16.5. The van der Waals surface area contributed by atoms with Crippen molar-refractivity contribution >= 4 is 23.0 Å². The molecule has 3 nitrogen and oxygen atoms in total. The molecule has 1 aliphatic carbocycles. The van der Waals surface area contributed by atoms with Gasteiger partial charge in [0.25, 0.3) is 0 Å². The Morgan fingerprint density at radius 2 is 1.11 bits per heavy atom. The Kier molecular flexibility index (Phi) is 7.46. The number of carbonyl (C=O) groups excluding carboxylic acids is 1. The second-order valence-electron chi connectivity index (χ2n) is 10.3. The number of aryl methyl sites for hydroxylation is 2. The lowest BCUT2D eigenvalue weighted by atomic mass is 9.65. The smallest absolute Gasteiger partial charge is 0.335 e. The first kappa shape index (κ1) is 25.5. The summed E-state index contributed by atoms with van der Waals surface area (Å²) in [7, 11) is 0. The molecule has 4 aromatic rings. The molecule has 192 valence electrons. The molecule has 0 radical (unpaired) electrons. The quantitative estimate of drug-likeness (QED) is 0.144. The third kappa shape index (κ3) is 5.28. The molecule has 1 saturated carbocycles. The Morgan fingerprint density at radius 1 is 0.684 bits per heavy atom. The van der Waals surface area contributed by atoms with Crippen LogP contribution < -0.4 is 9.64 Å². The number of anilines is 3. The van der Waals surface area contributed by atoms with Gasteiger partial charge in [0.2, 0.25) is 0 Å². The molecular weight excluding hydrogens is 466 g/mol. The van der Waals surface area contributed by atoms with Crippen LogP contribution in [0, 0.1) is 13.8 Å². The summed E-state index contributed by atoms with van der Waals surface area (Å²) in [4.78, 5) is 14.0. The van der Waals surface area contributed by atoms with E-state index in [-0.39, 0.29) is 5.41 Å². The van der Waals surface area contributed by atoms with Gasteiger partial charge in [-0.25, -0.2) is 4.79 Å². The first-order chi connectivity index (χ1) is 18.5. The molecule has 0 heterocycles. The number of carbonyl (C=O) groups is 1. The van der Waals surface area contributed by atoms with E-state index in [0.717, 1.165) is 29.9 Å². The second-order valence-corrected chi connectivity index (χ2v) is 10.3. The molecule has 0 aromatic heterocycles. The molecule has 3 heteroatoms. The summed E-state index contributed by atoms with van der Waals surface area (Å²) >= 11 is 0. The van der Waals surface area contributed by atoms with Crippen molar-refractivity contribution in [1.82, 2.24) is 0 Å². The monoisotopic (exact) mass is 501 g/mol. The molecule has 0 aliphatic heterocycles. The van der Waals surface area contributed by atoms with Gasteiger partial charge in [-0.05, 0) is 86.3 Å². The van der Waals surface area contributed by atoms with Crippen LogP contribution in [0.4, 0.5) is 17.1 Å². The molecule has 0 amide bonds. The molecule has 0 spiro atoms. The van der Waals surface area contributed by atoms with Crippen LogP contribution in [0.15, 0.2) is 110 Å². The summed E-state index contributed by atoms with van der Waals surface area (Å²) in [5.41, 5.74) is 8.49. The van der Waals surface area contributed by atoms with Crippen molar-refractivity contribution in [3.63, 3.8) is 0 Å². The van der Waals surface area contributed by atoms with Crippen molar-refractivity contribution in [2.24, 2.45) is 0 Å². The highest BCUT2D eigenvalue weighted by Crippen LogP contribution is 2.46. The van der Waals surface area contributed by atoms with Gasteiger partial charge in [-0.15, -0.1) is 0 Å². The van der Waals surface area contributed by atoms with E-state index in [9.17, 15) is 4.79 Å². The lowest BCUT2D eigenvalue weighted by Crippen LogP contribution is -2.30. The van der Waals surface area contributed by atoms with Gasteiger partial charge in [-0.2, -0.15) is 0 Å². The van der Waals surface area contributed by atoms with E-state index in [1.165, 1.54) is 47.6 Å². The molecule has 1 fully saturated rings. The van der Waals surface area contributed by atoms with Gasteiger partial charge in [-0.3, -0.25) is 0 Å². The highest BCUT2D eigenvalue weighted by Gasteiger charge is 2.35. The Balaban J connectivity index is 1.51. The van der Waals surface area contributed by atoms with Crippen LogP contribution in [0.3, 0.4) is 0 Å². The molecular formula is C35H35NO2. The summed E-state index contributed by atoms with van der Waals surface area (Å²) in [5.74, 6) is 0.110. The summed E-state index contributed by atoms with van der Waals surface area (Å²) in [6, 6.07) is 34.6. The first-order valence-corrected chi connectivity index (χ1v) is 13.5. The van der Waals surface area contributed by atoms with Crippen molar-refractivity contribution in [1.29, 1.82) is 0 Å². The topological polar surface area (TPSA) is 29.5 Å². The van der Waals surface area contributed by atoms with Gasteiger partial charge in [0, 0.05) is 28.6 Å². The van der Waals surface area contributed by atoms with Crippen molar-refractivity contribution in [3.8, 4) is 5.75 Å². The minimum Gasteiger partial charge on any atom is -0.423 e. The van der Waals surface area contributed by atoms with E-state index in [1.807, 2.05) is 12.1 Å². The summed E-state index contributed by atoms with van der Waals surface area (Å²) in [6.07, 6.45) is 7.08. The van der Waals surface area contributed by atoms with Gasteiger partial charge >= 0.3 is 5.97 Å². The summed E-state index contributed by atoms with van der Waals surface area (Å²) in [5, 5.41) is 0. The van der Waals surface area contributed by atoms with Crippen LogP contribution >= 0.6 is 0 Å². The van der Waals surface area contributed by atoms with Gasteiger partial charge in [0.15, 0.2) is 0 Å². The lowest BCUT2D eigenvalue weighted by Gasteiger charge is -2.39. The highest BCUT2D eigenvalue weighted by molar-refractivity contribution is 5.83. The van der Waals surface area contributed by atoms with Crippen LogP contribution in [-0.2, 0) is 10.2 Å². The molecule has 0 bridgehead atoms. The fourth-order valence-electron chi connectivity index (χ4n) is 5.66. The zero-order valence-electron chi connectivity index (χ0n) is 22.3. The fourth-order valence-corrected chi connectivity index (χ4v) is 5.66. The largest absolute Gasteiger partial charge is 0.423 e. The van der Waals surface area contributed by atoms with E-state index in [2.05, 4.69) is 110 Å². The molecule has 38 heavy (non-hydrogen) atoms. The number of hydrogen-bond acceptors (Lipinski definition) is 3. The van der Waals surface area contributed by atoms with E-state index in [1.54, 1.807) is 0 Å². The molecule has 0 atom stereocenters. The number of hydrogen-bond donors (Lipinski definition) is 0. The van der Waals surface area contributed by atoms with Crippen molar-refractivity contribution in [3.05, 3.63) is 132 Å². The van der Waals surface area contributed by atoms with Gasteiger partial charge in [0.05, 0.1) is 0 Å². The maximum atomic E-state index is 11.6. The molecule has 0 saturated heterocycles. The van der Waals surface area contributed by atoms with E-state index < -0.39 is 5.97 Å². The van der Waals surface area contributed by atoms with E-state index >= 15 is 0 Å². The minimum atomic E-state index is -0.438. The zero-order chi connectivity index (χ0) is 26.5. The molecule has 4 aromatic carbocycles. The Bertz CT molecular complexity index is 1330. The maximum absolute atomic E-state index is 11.6. The van der Waals surface area contributed by atoms with Crippen molar-refractivity contribution in [2.45, 2.75) is 51.4 Å². The average Bonchev–Trinajstić information content (AvgIpc) is 2.96. The van der Waals surface area contributed by atoms with E-state index in [0.29, 0.717) is 5.75 Å². The fraction of sp³-hybridized carbons (Fsp3) is 0.229. The summed E-state index contributed by atoms with van der Waals surface area (Å²) in [6.45, 7) is 7.72. The van der Waals surface area contributed by atoms with Crippen molar-refractivity contribution < 1.29 is 9.53 Å². The Hall–Kier alpha value is -4.11. The van der Waals surface area contributed by atoms with Crippen LogP contribution in [0.25, 0.3) is 0 Å². The number of nitrogens with zero attached hydrogens (tertiary/aromatic N) is 1. The predicted molar refractivity (Wildman–Crippen MR) is 157 cm³/mol. The Labute approximate surface area is 226 Å². The zero-order valence-corrected chi connectivity index (χ0v) is 22.3. The molecule has 0 N–H and O–H groups in total. The lowest BCUT2D eigenvalue weighted by molar-refractivity contribution is -0.128. The molecule has 1 aliphatic rings. The van der Waals surface area contributed by atoms with Crippen LogP contribution in [-0.4, -0.2) is 5.97 Å². The van der Waals surface area contributed by atoms with Crippen LogP contribution in [0.2, 0.25) is 0 Å². The van der Waals surface area contributed by atoms with E-state index in [4.69, 9.17) is 4.74 Å². The van der Waals surface area contributed by atoms with Gasteiger partial charge in [0.1, 0.15) is 5.75 Å². The number of benzene rings is 4. The van der Waals surface area contributed by atoms with Gasteiger partial charge < -0.3 is 9.64 Å². The SMILES string of the molecule is C=CC(=O)Oc1ccc(C2(c3ccc(N(c4ccc(C)cc4)c4ccc(C)cc4)cc3)CCCCC2)cc1. The number of rotatable bonds is 7. The first-order valence-electron chi connectivity index (χ1n) is 13.5. The number of esters is 1. The molecule has 0 unspecified atom stereocenters. The normalized spacial score (nSPS) is 14.5. The van der Waals surface area contributed by atoms with Crippen molar-refractivity contribution in [2.75, 3.05) is 4.90 Å². The maximum Gasteiger partial charge on any atom is 0.335 e. The standard InChI is InChI=1S/C35H35NO2/c1-4-34(37)38-33-22-14-29(15-23-33)35(24-6-5-7-25-35)28-12-20-32(21-13-28)36(30-16-8-26(2)9-17-30)31-18-10-27(3)11-19-31/h4,8-23H,1,5-7,24-25H2,2-3H3. The predicted octanol–water partition coefficient (Wildman–Crippen LogP) is 9.11. The molecule has 5 rings (SSSR count). The Morgan fingerprint density at radius 3 is 1.55 bits per heavy atom. The van der Waals surface area contributed by atoms with Crippen LogP contribution in [0.5, 0.6) is 5.75 Å². The minimum absolute atomic E-state index is 0.0453. The second kappa shape index (κ2) is 11.1.